The van der Waals surface area contributed by atoms with Crippen molar-refractivity contribution in [2.24, 2.45) is 5.92 Å². The summed E-state index contributed by atoms with van der Waals surface area (Å²) in [4.78, 5) is 42.6. The van der Waals surface area contributed by atoms with E-state index in [1.807, 2.05) is 58.3 Å². The largest absolute Gasteiger partial charge is 0.342 e. The van der Waals surface area contributed by atoms with Crippen molar-refractivity contribution in [3.8, 4) is 0 Å². The van der Waals surface area contributed by atoms with Gasteiger partial charge in [-0.15, -0.1) is 0 Å². The molecule has 1 N–H and O–H groups in total. The maximum absolute atomic E-state index is 13.3. The van der Waals surface area contributed by atoms with Gasteiger partial charge in [0.2, 0.25) is 11.8 Å². The maximum atomic E-state index is 13.3. The molecule has 2 fully saturated rings. The van der Waals surface area contributed by atoms with Crippen LogP contribution in [0, 0.1) is 5.92 Å². The Labute approximate surface area is 189 Å². The van der Waals surface area contributed by atoms with Crippen LogP contribution >= 0.6 is 0 Å². The summed E-state index contributed by atoms with van der Waals surface area (Å²) in [5.74, 6) is -0.0616. The molecule has 0 unspecified atom stereocenters. The Balaban J connectivity index is 1.40. The van der Waals surface area contributed by atoms with Crippen LogP contribution in [-0.4, -0.2) is 59.7 Å². The number of nitrogens with zero attached hydrogens (tertiary/aromatic N) is 2. The number of amides is 3. The number of hydrogen-bond donors (Lipinski definition) is 1. The highest BCUT2D eigenvalue weighted by Crippen LogP contribution is 2.24. The van der Waals surface area contributed by atoms with E-state index in [0.717, 1.165) is 31.5 Å². The minimum atomic E-state index is -0.549. The van der Waals surface area contributed by atoms with Crippen molar-refractivity contribution in [1.29, 1.82) is 0 Å². The summed E-state index contributed by atoms with van der Waals surface area (Å²) in [5, 5.41) is 3.03. The molecule has 3 amide bonds. The summed E-state index contributed by atoms with van der Waals surface area (Å²) >= 11 is 0. The second kappa shape index (κ2) is 10.4. The van der Waals surface area contributed by atoms with Gasteiger partial charge in [-0.3, -0.25) is 14.4 Å². The Morgan fingerprint density at radius 3 is 2.03 bits per heavy atom. The van der Waals surface area contributed by atoms with Gasteiger partial charge in [-0.1, -0.05) is 48.5 Å². The second-order valence-corrected chi connectivity index (χ2v) is 8.73. The lowest BCUT2D eigenvalue weighted by molar-refractivity contribution is -0.135. The fourth-order valence-electron chi connectivity index (χ4n) is 4.69. The first-order valence-corrected chi connectivity index (χ1v) is 11.6. The number of likely N-dealkylation sites (tertiary alicyclic amines) is 2. The van der Waals surface area contributed by atoms with Gasteiger partial charge in [0, 0.05) is 31.7 Å². The van der Waals surface area contributed by atoms with Crippen LogP contribution in [0.25, 0.3) is 0 Å². The lowest BCUT2D eigenvalue weighted by Crippen LogP contribution is -2.54. The minimum Gasteiger partial charge on any atom is -0.342 e. The zero-order valence-electron chi connectivity index (χ0n) is 18.4. The predicted molar refractivity (Wildman–Crippen MR) is 123 cm³/mol. The molecule has 168 valence electrons. The average molecular weight is 434 g/mol. The molecular formula is C26H31N3O3. The quantitative estimate of drug-likeness (QED) is 0.762. The monoisotopic (exact) mass is 433 g/mol. The third kappa shape index (κ3) is 5.36. The normalized spacial score (nSPS) is 17.8. The molecule has 2 aromatic rings. The van der Waals surface area contributed by atoms with Gasteiger partial charge in [0.05, 0.1) is 6.42 Å². The van der Waals surface area contributed by atoms with E-state index in [-0.39, 0.29) is 23.6 Å². The van der Waals surface area contributed by atoms with Gasteiger partial charge in [-0.2, -0.15) is 0 Å². The number of carbonyl (C=O) groups excluding carboxylic acids is 3. The second-order valence-electron chi connectivity index (χ2n) is 8.73. The highest BCUT2D eigenvalue weighted by Gasteiger charge is 2.36. The number of rotatable bonds is 6. The van der Waals surface area contributed by atoms with Gasteiger partial charge in [0.25, 0.3) is 5.91 Å². The number of nitrogens with one attached hydrogen (secondary N) is 1. The molecule has 0 spiro atoms. The molecule has 32 heavy (non-hydrogen) atoms. The van der Waals surface area contributed by atoms with Crippen LogP contribution in [0.15, 0.2) is 60.7 Å². The highest BCUT2D eigenvalue weighted by atomic mass is 16.2. The van der Waals surface area contributed by atoms with E-state index in [1.54, 1.807) is 12.1 Å². The summed E-state index contributed by atoms with van der Waals surface area (Å²) in [5.41, 5.74) is 1.57. The van der Waals surface area contributed by atoms with E-state index < -0.39 is 6.04 Å². The van der Waals surface area contributed by atoms with Gasteiger partial charge in [-0.25, -0.2) is 0 Å². The Morgan fingerprint density at radius 2 is 1.41 bits per heavy atom. The van der Waals surface area contributed by atoms with Crippen LogP contribution in [0.1, 0.15) is 41.6 Å². The fraction of sp³-hybridized carbons (Fsp3) is 0.423. The molecule has 0 radical (unpaired) electrons. The number of carbonyl (C=O) groups is 3. The fourth-order valence-corrected chi connectivity index (χ4v) is 4.69. The van der Waals surface area contributed by atoms with Crippen LogP contribution in [0.3, 0.4) is 0 Å². The highest BCUT2D eigenvalue weighted by molar-refractivity contribution is 5.97. The van der Waals surface area contributed by atoms with E-state index >= 15 is 0 Å². The number of hydrogen-bond acceptors (Lipinski definition) is 3. The number of benzene rings is 2. The molecule has 4 rings (SSSR count). The van der Waals surface area contributed by atoms with E-state index in [4.69, 9.17) is 0 Å². The lowest BCUT2D eigenvalue weighted by Gasteiger charge is -2.37. The van der Waals surface area contributed by atoms with Crippen molar-refractivity contribution in [2.75, 3.05) is 26.2 Å². The summed E-state index contributed by atoms with van der Waals surface area (Å²) in [6.07, 6.45) is 3.83. The molecule has 0 aromatic heterocycles. The molecule has 1 atom stereocenters. The molecule has 2 aliphatic rings. The van der Waals surface area contributed by atoms with Crippen LogP contribution < -0.4 is 5.32 Å². The van der Waals surface area contributed by atoms with Crippen molar-refractivity contribution in [3.05, 3.63) is 71.8 Å². The Morgan fingerprint density at radius 1 is 0.812 bits per heavy atom. The SMILES string of the molecule is O=C(N[C@H](C(=O)N1CCCC1)C1CCN(C(=O)Cc2ccccc2)CC1)c1ccccc1. The average Bonchev–Trinajstić information content (AvgIpc) is 3.38. The first kappa shape index (κ1) is 22.1. The zero-order valence-corrected chi connectivity index (χ0v) is 18.4. The van der Waals surface area contributed by atoms with E-state index in [9.17, 15) is 14.4 Å². The Kier molecular flexibility index (Phi) is 7.20. The molecule has 6 nitrogen and oxygen atoms in total. The van der Waals surface area contributed by atoms with Crippen molar-refractivity contribution >= 4 is 17.7 Å². The molecule has 2 heterocycles. The smallest absolute Gasteiger partial charge is 0.251 e. The van der Waals surface area contributed by atoms with E-state index in [2.05, 4.69) is 5.32 Å². The summed E-state index contributed by atoms with van der Waals surface area (Å²) in [6, 6.07) is 18.3. The summed E-state index contributed by atoms with van der Waals surface area (Å²) in [6.45, 7) is 2.73. The molecule has 0 bridgehead atoms. The van der Waals surface area contributed by atoms with Gasteiger partial charge < -0.3 is 15.1 Å². The van der Waals surface area contributed by atoms with Crippen LogP contribution in [0.5, 0.6) is 0 Å². The molecule has 0 saturated carbocycles. The number of piperidine rings is 1. The van der Waals surface area contributed by atoms with Crippen molar-refractivity contribution in [2.45, 2.75) is 38.1 Å². The van der Waals surface area contributed by atoms with Gasteiger partial charge in [0.15, 0.2) is 0 Å². The topological polar surface area (TPSA) is 69.7 Å². The van der Waals surface area contributed by atoms with Crippen LogP contribution in [0.4, 0.5) is 0 Å². The standard InChI is InChI=1S/C26H31N3O3/c30-23(19-20-9-3-1-4-10-20)28-17-13-21(14-18-28)24(26(32)29-15-7-8-16-29)27-25(31)22-11-5-2-6-12-22/h1-6,9-12,21,24H,7-8,13-19H2,(H,27,31)/t24-/m0/s1. The lowest BCUT2D eigenvalue weighted by atomic mass is 9.88. The van der Waals surface area contributed by atoms with Crippen molar-refractivity contribution < 1.29 is 14.4 Å². The first-order chi connectivity index (χ1) is 15.6. The van der Waals surface area contributed by atoms with Gasteiger partial charge in [0.1, 0.15) is 6.04 Å². The zero-order chi connectivity index (χ0) is 22.3. The van der Waals surface area contributed by atoms with Crippen molar-refractivity contribution in [3.63, 3.8) is 0 Å². The molecule has 2 aromatic carbocycles. The molecular weight excluding hydrogens is 402 g/mol. The third-order valence-corrected chi connectivity index (χ3v) is 6.57. The van der Waals surface area contributed by atoms with Gasteiger partial charge in [-0.05, 0) is 49.3 Å². The van der Waals surface area contributed by atoms with E-state index in [0.29, 0.717) is 37.9 Å². The summed E-state index contributed by atoms with van der Waals surface area (Å²) in [7, 11) is 0. The maximum Gasteiger partial charge on any atom is 0.251 e. The first-order valence-electron chi connectivity index (χ1n) is 11.6. The molecule has 2 saturated heterocycles. The Hall–Kier alpha value is -3.15. The Bertz CT molecular complexity index is 918. The molecule has 6 heteroatoms. The molecule has 2 aliphatic heterocycles. The molecule has 0 aliphatic carbocycles. The summed E-state index contributed by atoms with van der Waals surface area (Å²) < 4.78 is 0. The third-order valence-electron chi connectivity index (χ3n) is 6.57. The predicted octanol–water partition coefficient (Wildman–Crippen LogP) is 2.89. The van der Waals surface area contributed by atoms with Gasteiger partial charge >= 0.3 is 0 Å². The van der Waals surface area contributed by atoms with Crippen LogP contribution in [0.2, 0.25) is 0 Å². The van der Waals surface area contributed by atoms with Crippen LogP contribution in [-0.2, 0) is 16.0 Å². The van der Waals surface area contributed by atoms with Crippen molar-refractivity contribution in [1.82, 2.24) is 15.1 Å². The van der Waals surface area contributed by atoms with E-state index in [1.165, 1.54) is 0 Å². The minimum absolute atomic E-state index is 0.0147.